The van der Waals surface area contributed by atoms with E-state index in [4.69, 9.17) is 16.3 Å². The van der Waals surface area contributed by atoms with Crippen LogP contribution in [0.2, 0.25) is 5.02 Å². The van der Waals surface area contributed by atoms with Gasteiger partial charge >= 0.3 is 0 Å². The molecular formula is C10H13ClO. The Labute approximate surface area is 78.3 Å². The summed E-state index contributed by atoms with van der Waals surface area (Å²) < 4.78 is 5.15. The number of rotatable bonds is 3. The predicted octanol–water partition coefficient (Wildman–Crippen LogP) is 2.92. The molecule has 0 amide bonds. The number of hydrogen-bond acceptors (Lipinski definition) is 1. The van der Waals surface area contributed by atoms with Gasteiger partial charge in [0, 0.05) is 12.1 Å². The summed E-state index contributed by atoms with van der Waals surface area (Å²) in [7, 11) is 1.72. The second-order valence-corrected chi connectivity index (χ2v) is 3.31. The molecule has 0 aliphatic heterocycles. The van der Waals surface area contributed by atoms with E-state index in [2.05, 4.69) is 6.92 Å². The SMILES string of the molecule is CO[C@@H](C)Cc1ccc(Cl)cc1. The molecule has 0 saturated heterocycles. The lowest BCUT2D eigenvalue weighted by Gasteiger charge is -2.08. The quantitative estimate of drug-likeness (QED) is 0.702. The molecule has 1 atom stereocenters. The highest BCUT2D eigenvalue weighted by atomic mass is 35.5. The molecule has 0 radical (unpaired) electrons. The fraction of sp³-hybridized carbons (Fsp3) is 0.400. The number of methoxy groups -OCH3 is 1. The first-order chi connectivity index (χ1) is 5.72. The van der Waals surface area contributed by atoms with Crippen LogP contribution in [0.15, 0.2) is 24.3 Å². The molecule has 0 saturated carbocycles. The standard InChI is InChI=1S/C10H13ClO/c1-8(12-2)7-9-3-5-10(11)6-4-9/h3-6,8H,7H2,1-2H3/t8-/m0/s1. The van der Waals surface area contributed by atoms with Gasteiger partial charge in [0.15, 0.2) is 0 Å². The third kappa shape index (κ3) is 2.84. The van der Waals surface area contributed by atoms with Gasteiger partial charge in [-0.1, -0.05) is 23.7 Å². The minimum atomic E-state index is 0.270. The minimum absolute atomic E-state index is 0.270. The highest BCUT2D eigenvalue weighted by Gasteiger charge is 2.00. The van der Waals surface area contributed by atoms with Gasteiger partial charge in [-0.15, -0.1) is 0 Å². The molecular weight excluding hydrogens is 172 g/mol. The van der Waals surface area contributed by atoms with Crippen molar-refractivity contribution in [2.45, 2.75) is 19.4 Å². The molecule has 66 valence electrons. The molecule has 1 nitrogen and oxygen atoms in total. The molecule has 1 rings (SSSR count). The van der Waals surface area contributed by atoms with E-state index in [1.807, 2.05) is 24.3 Å². The van der Waals surface area contributed by atoms with Crippen LogP contribution < -0.4 is 0 Å². The van der Waals surface area contributed by atoms with E-state index >= 15 is 0 Å². The normalized spacial score (nSPS) is 12.9. The topological polar surface area (TPSA) is 9.23 Å². The summed E-state index contributed by atoms with van der Waals surface area (Å²) in [5.74, 6) is 0. The maximum Gasteiger partial charge on any atom is 0.0583 e. The van der Waals surface area contributed by atoms with E-state index in [1.54, 1.807) is 7.11 Å². The molecule has 1 aromatic carbocycles. The van der Waals surface area contributed by atoms with Crippen LogP contribution in [0.5, 0.6) is 0 Å². The number of halogens is 1. The Morgan fingerprint density at radius 3 is 2.42 bits per heavy atom. The van der Waals surface area contributed by atoms with E-state index in [0.717, 1.165) is 11.4 Å². The van der Waals surface area contributed by atoms with E-state index in [1.165, 1.54) is 5.56 Å². The Morgan fingerprint density at radius 2 is 1.92 bits per heavy atom. The maximum absolute atomic E-state index is 5.75. The molecule has 0 unspecified atom stereocenters. The third-order valence-electron chi connectivity index (χ3n) is 1.84. The van der Waals surface area contributed by atoms with E-state index < -0.39 is 0 Å². The molecule has 0 aliphatic rings. The first-order valence-corrected chi connectivity index (χ1v) is 4.37. The average Bonchev–Trinajstić information content (AvgIpc) is 2.09. The summed E-state index contributed by atoms with van der Waals surface area (Å²) in [6.45, 7) is 2.05. The van der Waals surface area contributed by atoms with E-state index in [-0.39, 0.29) is 6.10 Å². The lowest BCUT2D eigenvalue weighted by Crippen LogP contribution is -2.08. The summed E-state index contributed by atoms with van der Waals surface area (Å²) >= 11 is 5.75. The molecule has 1 aromatic rings. The van der Waals surface area contributed by atoms with Crippen LogP contribution >= 0.6 is 11.6 Å². The number of benzene rings is 1. The van der Waals surface area contributed by atoms with Gasteiger partial charge in [-0.25, -0.2) is 0 Å². The Morgan fingerprint density at radius 1 is 1.33 bits per heavy atom. The summed E-state index contributed by atoms with van der Waals surface area (Å²) in [6.07, 6.45) is 1.21. The average molecular weight is 185 g/mol. The van der Waals surface area contributed by atoms with Crippen molar-refractivity contribution < 1.29 is 4.74 Å². The monoisotopic (exact) mass is 184 g/mol. The summed E-state index contributed by atoms with van der Waals surface area (Å²) in [5.41, 5.74) is 1.26. The maximum atomic E-state index is 5.75. The molecule has 0 heterocycles. The molecule has 0 N–H and O–H groups in total. The molecule has 0 fully saturated rings. The van der Waals surface area contributed by atoms with Gasteiger partial charge in [0.25, 0.3) is 0 Å². The van der Waals surface area contributed by atoms with Gasteiger partial charge in [0.05, 0.1) is 6.10 Å². The fourth-order valence-corrected chi connectivity index (χ4v) is 1.16. The van der Waals surface area contributed by atoms with Crippen LogP contribution in [0.3, 0.4) is 0 Å². The zero-order valence-corrected chi connectivity index (χ0v) is 8.14. The van der Waals surface area contributed by atoms with Crippen molar-refractivity contribution in [2.24, 2.45) is 0 Å². The van der Waals surface area contributed by atoms with Gasteiger partial charge in [0.1, 0.15) is 0 Å². The molecule has 0 spiro atoms. The van der Waals surface area contributed by atoms with Crippen molar-refractivity contribution in [1.82, 2.24) is 0 Å². The number of ether oxygens (including phenoxy) is 1. The van der Waals surface area contributed by atoms with Crippen molar-refractivity contribution in [1.29, 1.82) is 0 Å². The molecule has 0 bridgehead atoms. The lowest BCUT2D eigenvalue weighted by atomic mass is 10.1. The minimum Gasteiger partial charge on any atom is -0.381 e. The van der Waals surface area contributed by atoms with Gasteiger partial charge < -0.3 is 4.74 Å². The van der Waals surface area contributed by atoms with Crippen LogP contribution in [0, 0.1) is 0 Å². The second kappa shape index (κ2) is 4.48. The molecule has 0 aliphatic carbocycles. The Kier molecular flexibility index (Phi) is 3.57. The largest absolute Gasteiger partial charge is 0.381 e. The number of hydrogen-bond donors (Lipinski definition) is 0. The van der Waals surface area contributed by atoms with Crippen molar-refractivity contribution in [3.05, 3.63) is 34.9 Å². The van der Waals surface area contributed by atoms with Crippen LogP contribution in [-0.4, -0.2) is 13.2 Å². The van der Waals surface area contributed by atoms with Crippen LogP contribution in [0.1, 0.15) is 12.5 Å². The van der Waals surface area contributed by atoms with Gasteiger partial charge in [-0.3, -0.25) is 0 Å². The lowest BCUT2D eigenvalue weighted by molar-refractivity contribution is 0.119. The van der Waals surface area contributed by atoms with E-state index in [9.17, 15) is 0 Å². The Balaban J connectivity index is 2.58. The van der Waals surface area contributed by atoms with Gasteiger partial charge in [-0.2, -0.15) is 0 Å². The fourth-order valence-electron chi connectivity index (χ4n) is 1.04. The van der Waals surface area contributed by atoms with Crippen molar-refractivity contribution in [2.75, 3.05) is 7.11 Å². The zero-order chi connectivity index (χ0) is 8.97. The summed E-state index contributed by atoms with van der Waals surface area (Å²) in [4.78, 5) is 0. The highest BCUT2D eigenvalue weighted by molar-refractivity contribution is 6.30. The molecule has 2 heteroatoms. The predicted molar refractivity (Wildman–Crippen MR) is 51.6 cm³/mol. The summed E-state index contributed by atoms with van der Waals surface area (Å²) in [5, 5.41) is 0.781. The Hall–Kier alpha value is -0.530. The first kappa shape index (κ1) is 9.56. The molecule has 12 heavy (non-hydrogen) atoms. The van der Waals surface area contributed by atoms with E-state index in [0.29, 0.717) is 0 Å². The third-order valence-corrected chi connectivity index (χ3v) is 2.09. The Bertz CT molecular complexity index is 230. The summed E-state index contributed by atoms with van der Waals surface area (Å²) in [6, 6.07) is 7.86. The van der Waals surface area contributed by atoms with Crippen molar-refractivity contribution >= 4 is 11.6 Å². The van der Waals surface area contributed by atoms with Crippen molar-refractivity contribution in [3.63, 3.8) is 0 Å². The smallest absolute Gasteiger partial charge is 0.0583 e. The van der Waals surface area contributed by atoms with Crippen LogP contribution in [0.25, 0.3) is 0 Å². The van der Waals surface area contributed by atoms with Crippen LogP contribution in [0.4, 0.5) is 0 Å². The highest BCUT2D eigenvalue weighted by Crippen LogP contribution is 2.11. The second-order valence-electron chi connectivity index (χ2n) is 2.88. The zero-order valence-electron chi connectivity index (χ0n) is 7.38. The van der Waals surface area contributed by atoms with Crippen LogP contribution in [-0.2, 0) is 11.2 Å². The van der Waals surface area contributed by atoms with Crippen molar-refractivity contribution in [3.8, 4) is 0 Å². The molecule has 0 aromatic heterocycles. The van der Waals surface area contributed by atoms with Gasteiger partial charge in [0.2, 0.25) is 0 Å². The van der Waals surface area contributed by atoms with Gasteiger partial charge in [-0.05, 0) is 31.0 Å². The first-order valence-electron chi connectivity index (χ1n) is 3.99.